The summed E-state index contributed by atoms with van der Waals surface area (Å²) in [7, 11) is 4.57. The van der Waals surface area contributed by atoms with Crippen LogP contribution in [0.5, 0.6) is 0 Å². The van der Waals surface area contributed by atoms with E-state index >= 15 is 0 Å². The van der Waals surface area contributed by atoms with E-state index in [1.807, 2.05) is 65.0 Å². The van der Waals surface area contributed by atoms with Gasteiger partial charge in [0.2, 0.25) is 5.79 Å². The zero-order valence-electron chi connectivity index (χ0n) is 40.7. The van der Waals surface area contributed by atoms with Crippen molar-refractivity contribution in [2.24, 2.45) is 35.5 Å². The molecule has 2 bridgehead atoms. The number of rotatable bonds is 6. The predicted molar refractivity (Wildman–Crippen MR) is 248 cm³/mol. The molecule has 3 aliphatic heterocycles. The van der Waals surface area contributed by atoms with Gasteiger partial charge in [-0.25, -0.2) is 4.79 Å². The first-order valence-electron chi connectivity index (χ1n) is 24.0. The molecule has 15 atom stereocenters. The molecule has 0 radical (unpaired) electrons. The Morgan fingerprint density at radius 2 is 1.60 bits per heavy atom. The second-order valence-corrected chi connectivity index (χ2v) is 19.6. The van der Waals surface area contributed by atoms with Gasteiger partial charge in [-0.2, -0.15) is 0 Å². The number of fused-ring (bicyclic) bond motifs is 3. The first-order valence-corrected chi connectivity index (χ1v) is 24.0. The van der Waals surface area contributed by atoms with Crippen LogP contribution in [0.15, 0.2) is 47.6 Å². The largest absolute Gasteiger partial charge is 0.460 e. The third-order valence-electron chi connectivity index (χ3n) is 14.5. The lowest BCUT2D eigenvalue weighted by Crippen LogP contribution is -2.61. The van der Waals surface area contributed by atoms with E-state index in [1.54, 1.807) is 34.1 Å². The maximum atomic E-state index is 14.4. The molecule has 1 amide bonds. The first-order chi connectivity index (χ1) is 30.7. The molecule has 0 unspecified atom stereocenters. The van der Waals surface area contributed by atoms with Crippen LogP contribution >= 0.6 is 0 Å². The molecule has 4 aliphatic rings. The number of ketones is 2. The molecule has 1 saturated carbocycles. The van der Waals surface area contributed by atoms with Crippen LogP contribution in [-0.2, 0) is 42.9 Å². The van der Waals surface area contributed by atoms with E-state index in [9.17, 15) is 39.9 Å². The van der Waals surface area contributed by atoms with Crippen molar-refractivity contribution in [2.75, 3.05) is 27.9 Å². The highest BCUT2D eigenvalue weighted by Gasteiger charge is 2.53. The highest BCUT2D eigenvalue weighted by atomic mass is 16.6. The summed E-state index contributed by atoms with van der Waals surface area (Å²) in [5.41, 5.74) is 1.59. The van der Waals surface area contributed by atoms with Gasteiger partial charge in [0.15, 0.2) is 5.78 Å². The van der Waals surface area contributed by atoms with Crippen LogP contribution in [0.1, 0.15) is 126 Å². The number of aliphatic hydroxyl groups is 3. The lowest BCUT2D eigenvalue weighted by atomic mass is 9.78. The van der Waals surface area contributed by atoms with Crippen molar-refractivity contribution in [3.8, 4) is 0 Å². The molecule has 366 valence electrons. The number of amides is 1. The summed E-state index contributed by atoms with van der Waals surface area (Å²) in [4.78, 5) is 57.8. The Balaban J connectivity index is 1.70. The minimum atomic E-state index is -2.41. The van der Waals surface area contributed by atoms with Crippen molar-refractivity contribution in [1.82, 2.24) is 4.90 Å². The van der Waals surface area contributed by atoms with Crippen LogP contribution in [0.3, 0.4) is 0 Å². The standard InChI is InChI=1S/C51H80N2O12/c1-30-16-12-11-13-17-31(2)42(61-8)28-38-21-19-36(7)51(60,65-38)48(57)49(58)53-23-15-14-18-40(53)50(59)64-43(33(4)26-37-20-22-41(54)44(27-37)62-9)29-39(52)32(3)25-35(6)46(56)47(63-10)45(55)34(5)24-30/h11-13,16-17,25,30,32-34,36-38,40-44,46-47,52,54,56,60H,14-15,18-24,26-29H2,1-10H3/b13-11+,16-12+,31-17+,35-25+,52-39?/t30-,32-,33-,34-,36-,37+,38+,40+,41-,42+,43+,44-,46-,47+,51-/m1/s1. The molecule has 3 heterocycles. The first kappa shape index (κ1) is 54.2. The molecule has 3 fully saturated rings. The van der Waals surface area contributed by atoms with Crippen molar-refractivity contribution in [3.63, 3.8) is 0 Å². The van der Waals surface area contributed by atoms with Crippen molar-refractivity contribution >= 4 is 29.2 Å². The molecule has 65 heavy (non-hydrogen) atoms. The highest BCUT2D eigenvalue weighted by molar-refractivity contribution is 6.39. The van der Waals surface area contributed by atoms with Gasteiger partial charge < -0.3 is 49.3 Å². The number of ether oxygens (including phenoxy) is 5. The van der Waals surface area contributed by atoms with E-state index in [1.165, 1.54) is 12.0 Å². The van der Waals surface area contributed by atoms with Gasteiger partial charge in [0, 0.05) is 64.2 Å². The van der Waals surface area contributed by atoms with E-state index in [0.717, 1.165) is 12.0 Å². The van der Waals surface area contributed by atoms with Gasteiger partial charge in [0.1, 0.15) is 24.4 Å². The molecular formula is C51H80N2O12. The maximum Gasteiger partial charge on any atom is 0.329 e. The Bertz CT molecular complexity index is 1760. The molecule has 2 saturated heterocycles. The Labute approximate surface area is 387 Å². The summed E-state index contributed by atoms with van der Waals surface area (Å²) in [6.45, 7) is 13.1. The number of piperidine rings is 1. The fraction of sp³-hybridized carbons (Fsp3) is 0.745. The third kappa shape index (κ3) is 14.3. The van der Waals surface area contributed by atoms with E-state index in [2.05, 4.69) is 0 Å². The predicted octanol–water partition coefficient (Wildman–Crippen LogP) is 6.63. The Kier molecular flexibility index (Phi) is 21.0. The summed E-state index contributed by atoms with van der Waals surface area (Å²) >= 11 is 0. The zero-order chi connectivity index (χ0) is 48.2. The number of carbonyl (C=O) groups is 4. The number of esters is 1. The molecule has 0 aromatic carbocycles. The Morgan fingerprint density at radius 1 is 0.877 bits per heavy atom. The minimum absolute atomic E-state index is 0.0358. The average Bonchev–Trinajstić information content (AvgIpc) is 3.28. The minimum Gasteiger partial charge on any atom is -0.460 e. The number of nitrogens with one attached hydrogen (secondary N) is 1. The number of aliphatic hydroxyl groups excluding tert-OH is 2. The second kappa shape index (κ2) is 25.1. The number of cyclic esters (lactones) is 1. The van der Waals surface area contributed by atoms with Gasteiger partial charge in [-0.05, 0) is 107 Å². The van der Waals surface area contributed by atoms with Gasteiger partial charge in [-0.1, -0.05) is 71.1 Å². The van der Waals surface area contributed by atoms with Crippen LogP contribution in [0.25, 0.3) is 0 Å². The molecule has 14 heteroatoms. The van der Waals surface area contributed by atoms with Crippen molar-refractivity contribution in [3.05, 3.63) is 47.6 Å². The molecule has 4 rings (SSSR count). The van der Waals surface area contributed by atoms with Gasteiger partial charge in [0.25, 0.3) is 11.7 Å². The lowest BCUT2D eigenvalue weighted by Gasteiger charge is -2.42. The molecular weight excluding hydrogens is 833 g/mol. The molecule has 0 aromatic rings. The SMILES string of the molecule is CO[C@H]1C[C@@H]2CC[C@@H](C)[C@@](O)(O2)C(=O)C(=O)N2CCCC[C@H]2C(=O)O[C@H]([C@H](C)C[C@@H]2CC[C@@H](O)[C@H](OC)C2)CC(=N)[C@H](C)/C=C(\C)[C@@H](O)[C@@H](OC)C(=O)[C@H](C)C[C@H](C)/C=C/C=C/C=C/1C. The van der Waals surface area contributed by atoms with Gasteiger partial charge in [-0.3, -0.25) is 14.4 Å². The topological polar surface area (TPSA) is 202 Å². The number of methoxy groups -OCH3 is 3. The number of allylic oxidation sites excluding steroid dienone is 6. The van der Waals surface area contributed by atoms with Crippen LogP contribution < -0.4 is 0 Å². The van der Waals surface area contributed by atoms with E-state index < -0.39 is 83.9 Å². The van der Waals surface area contributed by atoms with E-state index in [-0.39, 0.29) is 54.7 Å². The van der Waals surface area contributed by atoms with Gasteiger partial charge in [-0.15, -0.1) is 0 Å². The average molecular weight is 913 g/mol. The molecule has 0 spiro atoms. The van der Waals surface area contributed by atoms with E-state index in [4.69, 9.17) is 23.7 Å². The number of carbonyl (C=O) groups excluding carboxylic acids is 4. The molecule has 1 aliphatic carbocycles. The quantitative estimate of drug-likeness (QED) is 0.126. The summed E-state index contributed by atoms with van der Waals surface area (Å²) < 4.78 is 29.5. The van der Waals surface area contributed by atoms with Crippen molar-refractivity contribution < 1.29 is 58.2 Å². The Morgan fingerprint density at radius 3 is 2.28 bits per heavy atom. The summed E-state index contributed by atoms with van der Waals surface area (Å²) in [6.07, 6.45) is 12.1. The van der Waals surface area contributed by atoms with E-state index in [0.29, 0.717) is 63.4 Å². The third-order valence-corrected chi connectivity index (χ3v) is 14.5. The monoisotopic (exact) mass is 913 g/mol. The lowest BCUT2D eigenvalue weighted by molar-refractivity contribution is -0.265. The van der Waals surface area contributed by atoms with Crippen LogP contribution in [0.4, 0.5) is 0 Å². The molecule has 0 aromatic heterocycles. The zero-order valence-corrected chi connectivity index (χ0v) is 40.7. The number of Topliss-reactive ketones (excluding diaryl/α,β-unsaturated/α-hetero) is 2. The van der Waals surface area contributed by atoms with Crippen LogP contribution in [0.2, 0.25) is 0 Å². The smallest absolute Gasteiger partial charge is 0.329 e. The summed E-state index contributed by atoms with van der Waals surface area (Å²) in [5, 5.41) is 43.2. The number of hydrogen-bond donors (Lipinski definition) is 4. The van der Waals surface area contributed by atoms with Crippen molar-refractivity contribution in [1.29, 1.82) is 5.41 Å². The molecule has 14 nitrogen and oxygen atoms in total. The van der Waals surface area contributed by atoms with Gasteiger partial charge >= 0.3 is 5.97 Å². The fourth-order valence-electron chi connectivity index (χ4n) is 10.1. The highest BCUT2D eigenvalue weighted by Crippen LogP contribution is 2.38. The molecule has 4 N–H and O–H groups in total. The Hall–Kier alpha value is -3.37. The maximum absolute atomic E-state index is 14.4. The van der Waals surface area contributed by atoms with Crippen LogP contribution in [-0.4, -0.2) is 132 Å². The number of hydrogen-bond acceptors (Lipinski definition) is 13. The summed E-state index contributed by atoms with van der Waals surface area (Å²) in [6, 6.07) is -1.10. The van der Waals surface area contributed by atoms with Crippen LogP contribution in [0, 0.1) is 40.9 Å². The second-order valence-electron chi connectivity index (χ2n) is 19.6. The fourth-order valence-corrected chi connectivity index (χ4v) is 10.1. The number of nitrogens with zero attached hydrogens (tertiary/aromatic N) is 1. The normalized spacial score (nSPS) is 40.4. The summed E-state index contributed by atoms with van der Waals surface area (Å²) in [5.74, 6) is -7.14. The van der Waals surface area contributed by atoms with Gasteiger partial charge in [0.05, 0.1) is 24.4 Å². The van der Waals surface area contributed by atoms with Crippen molar-refractivity contribution in [2.45, 2.75) is 180 Å².